The van der Waals surface area contributed by atoms with E-state index in [0.717, 1.165) is 19.3 Å². The Morgan fingerprint density at radius 2 is 1.48 bits per heavy atom. The van der Waals surface area contributed by atoms with E-state index in [-0.39, 0.29) is 28.4 Å². The zero-order valence-corrected chi connectivity index (χ0v) is 35.3. The maximum atomic E-state index is 2.82. The van der Waals surface area contributed by atoms with Gasteiger partial charge in [0.2, 0.25) is 0 Å². The Bertz CT molecular complexity index is 2320. The summed E-state index contributed by atoms with van der Waals surface area (Å²) >= 11 is 2.11. The third-order valence-corrected chi connectivity index (χ3v) is 16.5. The van der Waals surface area contributed by atoms with Gasteiger partial charge in [-0.2, -0.15) is 0 Å². The molecule has 3 atom stereocenters. The van der Waals surface area contributed by atoms with E-state index in [9.17, 15) is 0 Å². The van der Waals surface area contributed by atoms with Crippen molar-refractivity contribution in [3.63, 3.8) is 0 Å². The molecule has 7 aliphatic rings. The predicted octanol–water partition coefficient (Wildman–Crippen LogP) is 13.2. The lowest BCUT2D eigenvalue weighted by molar-refractivity contribution is 0.116. The topological polar surface area (TPSA) is 6.48 Å². The number of allylic oxidation sites excluding steroid dienone is 10. The highest BCUT2D eigenvalue weighted by atomic mass is 32.1. The molecule has 3 unspecified atom stereocenters. The van der Waals surface area contributed by atoms with Crippen molar-refractivity contribution in [3.8, 4) is 0 Å². The molecule has 0 bridgehead atoms. The zero-order valence-electron chi connectivity index (χ0n) is 34.5. The van der Waals surface area contributed by atoms with E-state index >= 15 is 0 Å². The average Bonchev–Trinajstić information content (AvgIpc) is 3.51. The average molecular weight is 731 g/mol. The summed E-state index contributed by atoms with van der Waals surface area (Å²) in [5.74, 6) is 1.56. The SMILES string of the molecule is CC1C=CC(N2C3=C(C=C4C(C3)C(C)(C)CCC4(C)C)B3C4=C2C(C)CC=C4N(c2ccccc2)c2c3sc3cc4c(cc23)C(C)(C)CCC4(C)C)=CC1. The molecule has 3 heterocycles. The van der Waals surface area contributed by atoms with Gasteiger partial charge in [-0.15, -0.1) is 11.3 Å². The van der Waals surface area contributed by atoms with Crippen LogP contribution in [0.4, 0.5) is 11.4 Å². The first-order valence-electron chi connectivity index (χ1n) is 21.1. The fourth-order valence-electron chi connectivity index (χ4n) is 11.6. The van der Waals surface area contributed by atoms with Gasteiger partial charge in [0.1, 0.15) is 0 Å². The minimum Gasteiger partial charge on any atom is -0.319 e. The number of hydrogen-bond donors (Lipinski definition) is 0. The number of hydrogen-bond acceptors (Lipinski definition) is 3. The molecule has 0 radical (unpaired) electrons. The first-order valence-corrected chi connectivity index (χ1v) is 21.9. The van der Waals surface area contributed by atoms with Crippen LogP contribution in [0.15, 0.2) is 112 Å². The van der Waals surface area contributed by atoms with Crippen LogP contribution in [0.3, 0.4) is 0 Å². The molecule has 3 aromatic rings. The fraction of sp³-hybridized carbons (Fsp3) is 0.480. The second-order valence-corrected chi connectivity index (χ2v) is 21.9. The van der Waals surface area contributed by atoms with Crippen LogP contribution in [0.1, 0.15) is 125 Å². The van der Waals surface area contributed by atoms with Crippen LogP contribution in [0.25, 0.3) is 10.1 Å². The van der Waals surface area contributed by atoms with Crippen LogP contribution in [0.2, 0.25) is 0 Å². The third-order valence-electron chi connectivity index (χ3n) is 15.3. The number of para-hydroxylation sites is 1. The molecule has 0 amide bonds. The highest BCUT2D eigenvalue weighted by molar-refractivity contribution is 7.32. The van der Waals surface area contributed by atoms with Gasteiger partial charge in [-0.1, -0.05) is 117 Å². The van der Waals surface area contributed by atoms with Crippen LogP contribution in [0, 0.1) is 28.6 Å². The Kier molecular flexibility index (Phi) is 7.46. The van der Waals surface area contributed by atoms with Crippen LogP contribution < -0.4 is 9.68 Å². The predicted molar refractivity (Wildman–Crippen MR) is 233 cm³/mol. The van der Waals surface area contributed by atoms with E-state index in [1.54, 1.807) is 43.8 Å². The quantitative estimate of drug-likeness (QED) is 0.242. The number of benzene rings is 2. The van der Waals surface area contributed by atoms with Crippen molar-refractivity contribution >= 4 is 44.3 Å². The molecule has 1 saturated carbocycles. The summed E-state index contributed by atoms with van der Waals surface area (Å²) in [6.07, 6.45) is 21.2. The van der Waals surface area contributed by atoms with Crippen molar-refractivity contribution in [3.05, 3.63) is 123 Å². The summed E-state index contributed by atoms with van der Waals surface area (Å²) in [5.41, 5.74) is 17.4. The number of thiophene rings is 1. The lowest BCUT2D eigenvalue weighted by Gasteiger charge is -2.55. The van der Waals surface area contributed by atoms with Gasteiger partial charge >= 0.3 is 0 Å². The number of rotatable bonds is 2. The minimum atomic E-state index is 0.153. The number of nitrogens with zero attached hydrogens (tertiary/aromatic N) is 2. The molecule has 0 N–H and O–H groups in total. The van der Waals surface area contributed by atoms with Crippen molar-refractivity contribution in [2.75, 3.05) is 4.90 Å². The van der Waals surface area contributed by atoms with Gasteiger partial charge in [-0.05, 0) is 137 Å². The first kappa shape index (κ1) is 35.0. The van der Waals surface area contributed by atoms with Crippen LogP contribution in [-0.4, -0.2) is 11.6 Å². The fourth-order valence-corrected chi connectivity index (χ4v) is 13.0. The van der Waals surface area contributed by atoms with Gasteiger partial charge in [-0.25, -0.2) is 0 Å². The third kappa shape index (κ3) is 4.90. The van der Waals surface area contributed by atoms with E-state index in [4.69, 9.17) is 0 Å². The molecule has 2 nitrogen and oxygen atoms in total. The molecule has 1 aromatic heterocycles. The summed E-state index contributed by atoms with van der Waals surface area (Å²) < 4.78 is 3.00. The molecule has 0 saturated heterocycles. The summed E-state index contributed by atoms with van der Waals surface area (Å²) in [5, 5.41) is 1.44. The van der Waals surface area contributed by atoms with Crippen molar-refractivity contribution < 1.29 is 0 Å². The highest BCUT2D eigenvalue weighted by Crippen LogP contribution is 2.61. The number of anilines is 2. The maximum Gasteiger partial charge on any atom is 0.263 e. The molecular weight excluding hydrogens is 671 g/mol. The van der Waals surface area contributed by atoms with E-state index in [1.165, 1.54) is 58.5 Å². The minimum absolute atomic E-state index is 0.153. The Labute approximate surface area is 329 Å². The Morgan fingerprint density at radius 1 is 0.778 bits per heavy atom. The van der Waals surface area contributed by atoms with Crippen molar-refractivity contribution in [2.24, 2.45) is 28.6 Å². The monoisotopic (exact) mass is 730 g/mol. The Morgan fingerprint density at radius 3 is 2.19 bits per heavy atom. The second kappa shape index (κ2) is 11.5. The summed E-state index contributed by atoms with van der Waals surface area (Å²) in [6.45, 7) is 25.2. The second-order valence-electron chi connectivity index (χ2n) is 20.8. The number of fused-ring (bicyclic) bond motifs is 7. The van der Waals surface area contributed by atoms with Gasteiger partial charge in [0.05, 0.1) is 5.69 Å². The molecule has 54 heavy (non-hydrogen) atoms. The highest BCUT2D eigenvalue weighted by Gasteiger charge is 2.54. The Hall–Kier alpha value is -3.50. The van der Waals surface area contributed by atoms with Gasteiger partial charge in [-0.3, -0.25) is 0 Å². The van der Waals surface area contributed by atoms with Gasteiger partial charge < -0.3 is 9.80 Å². The Balaban J connectivity index is 1.31. The van der Waals surface area contributed by atoms with E-state index < -0.39 is 0 Å². The smallest absolute Gasteiger partial charge is 0.263 e. The van der Waals surface area contributed by atoms with E-state index in [2.05, 4.69) is 163 Å². The van der Waals surface area contributed by atoms with Gasteiger partial charge in [0, 0.05) is 43.3 Å². The van der Waals surface area contributed by atoms with Crippen molar-refractivity contribution in [2.45, 2.75) is 125 Å². The van der Waals surface area contributed by atoms with Crippen LogP contribution in [-0.2, 0) is 10.8 Å². The summed E-state index contributed by atoms with van der Waals surface area (Å²) in [6, 6.07) is 16.6. The van der Waals surface area contributed by atoms with Gasteiger partial charge in [0.25, 0.3) is 6.71 Å². The first-order chi connectivity index (χ1) is 25.6. The molecule has 2 aromatic carbocycles. The molecule has 4 heteroatoms. The van der Waals surface area contributed by atoms with Crippen LogP contribution in [0.5, 0.6) is 0 Å². The van der Waals surface area contributed by atoms with Gasteiger partial charge in [0.15, 0.2) is 0 Å². The zero-order chi connectivity index (χ0) is 37.7. The largest absolute Gasteiger partial charge is 0.319 e. The van der Waals surface area contributed by atoms with Crippen molar-refractivity contribution in [1.29, 1.82) is 0 Å². The lowest BCUT2D eigenvalue weighted by Crippen LogP contribution is -2.53. The molecule has 5 aliphatic carbocycles. The van der Waals surface area contributed by atoms with E-state index in [1.807, 2.05) is 0 Å². The summed E-state index contributed by atoms with van der Waals surface area (Å²) in [4.78, 5) is 5.51. The summed E-state index contributed by atoms with van der Waals surface area (Å²) in [7, 11) is 0. The molecule has 1 fully saturated rings. The molecule has 10 rings (SSSR count). The lowest BCUT2D eigenvalue weighted by atomic mass is 9.32. The molecular formula is C50H59BN2S. The maximum absolute atomic E-state index is 2.82. The molecule has 0 spiro atoms. The normalized spacial score (nSPS) is 28.4. The standard InChI is InChI=1S/C50H59BN2S/c1-30-16-19-33(20-17-30)53-41-28-37-36(48(5,6)23-24-49(37,7)8)27-39(41)51-43-40(21-18-31(2)44(43)53)52(32-14-12-11-13-15-32)45-34-26-35-38(29-42(34)54-46(45)51)50(9,10)25-22-47(35,3)4/h11-16,19-21,26-27,29-31,37H,17-18,22-25,28H2,1-10H3. The molecule has 2 aliphatic heterocycles. The van der Waals surface area contributed by atoms with E-state index in [0.29, 0.717) is 17.8 Å². The molecule has 278 valence electrons. The van der Waals surface area contributed by atoms with Crippen molar-refractivity contribution in [1.82, 2.24) is 4.90 Å². The van der Waals surface area contributed by atoms with Crippen LogP contribution >= 0.6 is 11.3 Å².